The van der Waals surface area contributed by atoms with Crippen molar-refractivity contribution in [3.05, 3.63) is 23.8 Å². The van der Waals surface area contributed by atoms with Gasteiger partial charge in [0.05, 0.1) is 30.0 Å². The summed E-state index contributed by atoms with van der Waals surface area (Å²) in [6.45, 7) is 2.90. The number of aromatic nitrogens is 2. The smallest absolute Gasteiger partial charge is 0.255 e. The molecule has 1 aliphatic rings. The lowest BCUT2D eigenvalue weighted by Gasteiger charge is -2.28. The van der Waals surface area contributed by atoms with E-state index in [0.717, 1.165) is 18.5 Å². The predicted octanol–water partition coefficient (Wildman–Crippen LogP) is 0.309. The molecule has 0 radical (unpaired) electrons. The number of hydrogen-bond acceptors (Lipinski definition) is 5. The fraction of sp³-hybridized carbons (Fsp3) is 0.615. The minimum Gasteiger partial charge on any atom is -0.391 e. The molecule has 6 nitrogen and oxygen atoms in total. The Labute approximate surface area is 112 Å². The second-order valence-electron chi connectivity index (χ2n) is 4.64. The highest BCUT2D eigenvalue weighted by Gasteiger charge is 2.26. The molecule has 0 bridgehead atoms. The van der Waals surface area contributed by atoms with Crippen molar-refractivity contribution in [2.45, 2.75) is 38.3 Å². The molecule has 1 amide bonds. The van der Waals surface area contributed by atoms with Gasteiger partial charge in [0, 0.05) is 12.8 Å². The molecule has 6 heteroatoms. The zero-order valence-corrected chi connectivity index (χ0v) is 11.0. The van der Waals surface area contributed by atoms with Gasteiger partial charge in [0.25, 0.3) is 5.91 Å². The summed E-state index contributed by atoms with van der Waals surface area (Å²) in [6.07, 6.45) is 4.58. The van der Waals surface area contributed by atoms with Crippen LogP contribution in [0.5, 0.6) is 0 Å². The average molecular weight is 265 g/mol. The minimum atomic E-state index is -0.558. The van der Waals surface area contributed by atoms with Crippen LogP contribution in [0, 0.1) is 0 Å². The van der Waals surface area contributed by atoms with Crippen LogP contribution in [0.3, 0.4) is 0 Å². The summed E-state index contributed by atoms with van der Waals surface area (Å²) in [7, 11) is 0. The number of hydrogen-bond donors (Lipinski definition) is 2. The molecule has 2 heterocycles. The molecule has 0 unspecified atom stereocenters. The summed E-state index contributed by atoms with van der Waals surface area (Å²) in [6, 6.07) is -0.365. The quantitative estimate of drug-likeness (QED) is 0.818. The molecule has 0 spiro atoms. The van der Waals surface area contributed by atoms with E-state index in [1.165, 1.54) is 12.5 Å². The molecule has 0 aromatic carbocycles. The minimum absolute atomic E-state index is 0.251. The van der Waals surface area contributed by atoms with Gasteiger partial charge in [-0.05, 0) is 12.8 Å². The van der Waals surface area contributed by atoms with Crippen molar-refractivity contribution in [1.82, 2.24) is 15.3 Å². The van der Waals surface area contributed by atoms with E-state index in [9.17, 15) is 9.90 Å². The Kier molecular flexibility index (Phi) is 4.81. The van der Waals surface area contributed by atoms with Gasteiger partial charge < -0.3 is 15.2 Å². The molecular weight excluding hydrogens is 246 g/mol. The van der Waals surface area contributed by atoms with Gasteiger partial charge in [-0.15, -0.1) is 0 Å². The normalized spacial score (nSPS) is 23.1. The van der Waals surface area contributed by atoms with Crippen molar-refractivity contribution in [3.63, 3.8) is 0 Å². The van der Waals surface area contributed by atoms with E-state index in [4.69, 9.17) is 4.74 Å². The molecule has 1 saturated heterocycles. The number of carbonyl (C=O) groups excluding carboxylic acids is 1. The molecule has 104 valence electrons. The Hall–Kier alpha value is -1.53. The fourth-order valence-electron chi connectivity index (χ4n) is 2.09. The van der Waals surface area contributed by atoms with Gasteiger partial charge >= 0.3 is 0 Å². The van der Waals surface area contributed by atoms with Crippen LogP contribution in [-0.2, 0) is 11.2 Å². The van der Waals surface area contributed by atoms with Gasteiger partial charge in [0.15, 0.2) is 0 Å². The molecule has 1 aliphatic heterocycles. The van der Waals surface area contributed by atoms with Crippen LogP contribution < -0.4 is 5.32 Å². The second-order valence-corrected chi connectivity index (χ2v) is 4.64. The summed E-state index contributed by atoms with van der Waals surface area (Å²) < 4.78 is 5.26. The summed E-state index contributed by atoms with van der Waals surface area (Å²) in [4.78, 5) is 20.2. The van der Waals surface area contributed by atoms with Crippen molar-refractivity contribution >= 4 is 5.91 Å². The third-order valence-corrected chi connectivity index (χ3v) is 3.16. The first-order valence-electron chi connectivity index (χ1n) is 6.58. The van der Waals surface area contributed by atoms with Crippen LogP contribution in [0.4, 0.5) is 0 Å². The first-order valence-corrected chi connectivity index (χ1v) is 6.58. The number of nitrogens with one attached hydrogen (secondary N) is 1. The Balaban J connectivity index is 2.06. The predicted molar refractivity (Wildman–Crippen MR) is 68.7 cm³/mol. The van der Waals surface area contributed by atoms with Crippen molar-refractivity contribution in [2.24, 2.45) is 0 Å². The van der Waals surface area contributed by atoms with E-state index >= 15 is 0 Å². The van der Waals surface area contributed by atoms with Crippen LogP contribution in [-0.4, -0.2) is 46.3 Å². The first-order chi connectivity index (χ1) is 9.22. The first kappa shape index (κ1) is 13.9. The fourth-order valence-corrected chi connectivity index (χ4v) is 2.09. The van der Waals surface area contributed by atoms with E-state index in [1.54, 1.807) is 0 Å². The molecule has 1 aromatic heterocycles. The van der Waals surface area contributed by atoms with Crippen molar-refractivity contribution in [2.75, 3.05) is 13.2 Å². The molecule has 1 aromatic rings. The number of nitrogens with zero attached hydrogens (tertiary/aromatic N) is 2. The van der Waals surface area contributed by atoms with E-state index in [2.05, 4.69) is 15.3 Å². The highest BCUT2D eigenvalue weighted by Crippen LogP contribution is 2.11. The summed E-state index contributed by atoms with van der Waals surface area (Å²) >= 11 is 0. The van der Waals surface area contributed by atoms with Gasteiger partial charge in [0.2, 0.25) is 0 Å². The number of aliphatic hydroxyl groups is 1. The third-order valence-electron chi connectivity index (χ3n) is 3.16. The van der Waals surface area contributed by atoms with E-state index in [-0.39, 0.29) is 11.9 Å². The molecule has 0 aliphatic carbocycles. The number of aryl methyl sites for hydroxylation is 1. The van der Waals surface area contributed by atoms with E-state index in [0.29, 0.717) is 25.2 Å². The summed E-state index contributed by atoms with van der Waals surface area (Å²) in [5.41, 5.74) is 1.21. The lowest BCUT2D eigenvalue weighted by atomic mass is 10.1. The maximum atomic E-state index is 12.2. The monoisotopic (exact) mass is 265 g/mol. The van der Waals surface area contributed by atoms with Crippen molar-refractivity contribution in [1.29, 1.82) is 0 Å². The van der Waals surface area contributed by atoms with Crippen LogP contribution in [0.15, 0.2) is 12.5 Å². The van der Waals surface area contributed by atoms with Crippen LogP contribution >= 0.6 is 0 Å². The topological polar surface area (TPSA) is 84.3 Å². The standard InChI is InChI=1S/C13H19N3O3/c1-2-3-10-9(6-14-8-15-10)13(18)16-11-7-19-5-4-12(11)17/h6,8,11-12,17H,2-5,7H2,1H3,(H,16,18)/t11-,12-/m1/s1. The number of rotatable bonds is 4. The molecule has 2 rings (SSSR count). The number of amides is 1. The molecule has 2 N–H and O–H groups in total. The number of ether oxygens (including phenoxy) is 1. The molecule has 1 fully saturated rings. The van der Waals surface area contributed by atoms with Crippen LogP contribution in [0.25, 0.3) is 0 Å². The molecule has 0 saturated carbocycles. The highest BCUT2D eigenvalue weighted by molar-refractivity contribution is 5.95. The number of aliphatic hydroxyl groups excluding tert-OH is 1. The Morgan fingerprint density at radius 1 is 1.63 bits per heavy atom. The van der Waals surface area contributed by atoms with Gasteiger partial charge in [-0.25, -0.2) is 9.97 Å². The molecular formula is C13H19N3O3. The van der Waals surface area contributed by atoms with E-state index in [1.807, 2.05) is 6.92 Å². The van der Waals surface area contributed by atoms with Crippen LogP contribution in [0.1, 0.15) is 35.8 Å². The zero-order chi connectivity index (χ0) is 13.7. The summed E-state index contributed by atoms with van der Waals surface area (Å²) in [5, 5.41) is 12.6. The zero-order valence-electron chi connectivity index (χ0n) is 11.0. The SMILES string of the molecule is CCCc1ncncc1C(=O)N[C@@H]1COCC[C@H]1O. The Bertz CT molecular complexity index is 439. The lowest BCUT2D eigenvalue weighted by molar-refractivity contribution is -0.0140. The maximum Gasteiger partial charge on any atom is 0.255 e. The molecule has 19 heavy (non-hydrogen) atoms. The largest absolute Gasteiger partial charge is 0.391 e. The van der Waals surface area contributed by atoms with Gasteiger partial charge in [0.1, 0.15) is 6.33 Å². The third kappa shape index (κ3) is 3.48. The average Bonchev–Trinajstić information content (AvgIpc) is 2.42. The highest BCUT2D eigenvalue weighted by atomic mass is 16.5. The van der Waals surface area contributed by atoms with Crippen molar-refractivity contribution < 1.29 is 14.6 Å². The lowest BCUT2D eigenvalue weighted by Crippen LogP contribution is -2.49. The van der Waals surface area contributed by atoms with E-state index < -0.39 is 6.10 Å². The van der Waals surface area contributed by atoms with Crippen molar-refractivity contribution in [3.8, 4) is 0 Å². The summed E-state index contributed by atoms with van der Waals surface area (Å²) in [5.74, 6) is -0.251. The number of carbonyl (C=O) groups is 1. The second kappa shape index (κ2) is 6.58. The van der Waals surface area contributed by atoms with Crippen LogP contribution in [0.2, 0.25) is 0 Å². The maximum absolute atomic E-state index is 12.2. The van der Waals surface area contributed by atoms with Gasteiger partial charge in [-0.1, -0.05) is 13.3 Å². The van der Waals surface area contributed by atoms with Gasteiger partial charge in [-0.3, -0.25) is 4.79 Å². The Morgan fingerprint density at radius 3 is 3.21 bits per heavy atom. The molecule has 2 atom stereocenters. The Morgan fingerprint density at radius 2 is 2.47 bits per heavy atom. The van der Waals surface area contributed by atoms with Gasteiger partial charge in [-0.2, -0.15) is 0 Å².